The first kappa shape index (κ1) is 13.1. The molecule has 1 saturated heterocycles. The van der Waals surface area contributed by atoms with Crippen LogP contribution < -0.4 is 5.73 Å². The lowest BCUT2D eigenvalue weighted by molar-refractivity contribution is 0.0805. The van der Waals surface area contributed by atoms with Crippen molar-refractivity contribution in [1.29, 1.82) is 0 Å². The van der Waals surface area contributed by atoms with E-state index in [2.05, 4.69) is 9.88 Å². The van der Waals surface area contributed by atoms with Crippen molar-refractivity contribution in [2.45, 2.75) is 38.6 Å². The molecule has 1 aromatic carbocycles. The summed E-state index contributed by atoms with van der Waals surface area (Å²) in [4.78, 5) is 10.7. The highest BCUT2D eigenvalue weighted by Gasteiger charge is 2.31. The molecule has 1 aromatic heterocycles. The number of nitrogens with zero attached hydrogens (tertiary/aromatic N) is 2. The maximum atomic E-state index is 5.83. The van der Waals surface area contributed by atoms with Gasteiger partial charge in [0.25, 0.3) is 0 Å². The molecule has 0 amide bonds. The van der Waals surface area contributed by atoms with Gasteiger partial charge in [-0.05, 0) is 49.4 Å². The zero-order valence-electron chi connectivity index (χ0n) is 12.5. The van der Waals surface area contributed by atoms with Gasteiger partial charge in [-0.1, -0.05) is 19.3 Å². The largest absolute Gasteiger partial charge is 0.399 e. The van der Waals surface area contributed by atoms with Gasteiger partial charge in [-0.25, -0.2) is 4.98 Å². The SMILES string of the molecule is Nc1ccc2nc(CN3CCC4CCCCC4C3)[nH]c2c1. The molecule has 2 aliphatic rings. The van der Waals surface area contributed by atoms with Crippen LogP contribution >= 0.6 is 0 Å². The van der Waals surface area contributed by atoms with E-state index in [0.29, 0.717) is 0 Å². The molecule has 3 N–H and O–H groups in total. The molecule has 2 aromatic rings. The zero-order valence-corrected chi connectivity index (χ0v) is 12.5. The van der Waals surface area contributed by atoms with E-state index in [1.165, 1.54) is 45.2 Å². The summed E-state index contributed by atoms with van der Waals surface area (Å²) in [6.07, 6.45) is 7.14. The summed E-state index contributed by atoms with van der Waals surface area (Å²) in [6.45, 7) is 3.42. The van der Waals surface area contributed by atoms with Gasteiger partial charge in [0.1, 0.15) is 5.82 Å². The average molecular weight is 284 g/mol. The van der Waals surface area contributed by atoms with Gasteiger partial charge in [0.15, 0.2) is 0 Å². The lowest BCUT2D eigenvalue weighted by Gasteiger charge is -2.41. The quantitative estimate of drug-likeness (QED) is 0.833. The number of nitrogen functional groups attached to an aromatic ring is 1. The number of nitrogens with two attached hydrogens (primary N) is 1. The standard InChI is InChI=1S/C17H24N4/c18-14-5-6-15-16(9-14)20-17(19-15)11-21-8-7-12-3-1-2-4-13(12)10-21/h5-6,9,12-13H,1-4,7-8,10-11,18H2,(H,19,20). The van der Waals surface area contributed by atoms with Crippen LogP contribution in [0.1, 0.15) is 37.9 Å². The second-order valence-electron chi connectivity index (χ2n) is 6.79. The van der Waals surface area contributed by atoms with E-state index in [-0.39, 0.29) is 0 Å². The van der Waals surface area contributed by atoms with E-state index < -0.39 is 0 Å². The van der Waals surface area contributed by atoms with Gasteiger partial charge in [0.2, 0.25) is 0 Å². The fraction of sp³-hybridized carbons (Fsp3) is 0.588. The van der Waals surface area contributed by atoms with Crippen LogP contribution in [0.25, 0.3) is 11.0 Å². The third-order valence-electron chi connectivity index (χ3n) is 5.30. The molecule has 4 heteroatoms. The first-order valence-electron chi connectivity index (χ1n) is 8.24. The summed E-state index contributed by atoms with van der Waals surface area (Å²) < 4.78 is 0. The predicted octanol–water partition coefficient (Wildman–Crippen LogP) is 3.16. The van der Waals surface area contributed by atoms with Gasteiger partial charge >= 0.3 is 0 Å². The van der Waals surface area contributed by atoms with Crippen LogP contribution in [0.5, 0.6) is 0 Å². The molecule has 4 rings (SSSR count). The molecule has 2 atom stereocenters. The number of H-pyrrole nitrogens is 1. The number of likely N-dealkylation sites (tertiary alicyclic amines) is 1. The number of hydrogen-bond acceptors (Lipinski definition) is 3. The van der Waals surface area contributed by atoms with Crippen LogP contribution in [0.15, 0.2) is 18.2 Å². The Morgan fingerprint density at radius 2 is 2.05 bits per heavy atom. The number of hydrogen-bond donors (Lipinski definition) is 2. The Morgan fingerprint density at radius 3 is 2.95 bits per heavy atom. The molecule has 1 saturated carbocycles. The minimum atomic E-state index is 0.792. The Kier molecular flexibility index (Phi) is 3.34. The van der Waals surface area contributed by atoms with E-state index in [1.54, 1.807) is 0 Å². The molecule has 0 bridgehead atoms. The van der Waals surface area contributed by atoms with E-state index in [1.807, 2.05) is 18.2 Å². The zero-order chi connectivity index (χ0) is 14.2. The second kappa shape index (κ2) is 5.34. The van der Waals surface area contributed by atoms with E-state index in [9.17, 15) is 0 Å². The number of piperidine rings is 1. The molecule has 0 radical (unpaired) electrons. The van der Waals surface area contributed by atoms with Crippen molar-refractivity contribution in [2.75, 3.05) is 18.8 Å². The Labute approximate surface area is 125 Å². The van der Waals surface area contributed by atoms with Crippen molar-refractivity contribution < 1.29 is 0 Å². The fourth-order valence-electron chi connectivity index (χ4n) is 4.19. The molecular formula is C17H24N4. The normalized spacial score (nSPS) is 26.9. The Morgan fingerprint density at radius 1 is 1.19 bits per heavy atom. The number of benzene rings is 1. The van der Waals surface area contributed by atoms with E-state index >= 15 is 0 Å². The molecule has 2 heterocycles. The van der Waals surface area contributed by atoms with Crippen molar-refractivity contribution in [3.05, 3.63) is 24.0 Å². The van der Waals surface area contributed by atoms with Gasteiger partial charge in [-0.15, -0.1) is 0 Å². The summed E-state index contributed by atoms with van der Waals surface area (Å²) in [5.41, 5.74) is 8.70. The lowest BCUT2D eigenvalue weighted by Crippen LogP contribution is -2.41. The van der Waals surface area contributed by atoms with Crippen molar-refractivity contribution in [3.8, 4) is 0 Å². The van der Waals surface area contributed by atoms with Gasteiger partial charge in [0.05, 0.1) is 17.6 Å². The third kappa shape index (κ3) is 2.64. The van der Waals surface area contributed by atoms with E-state index in [4.69, 9.17) is 10.7 Å². The highest BCUT2D eigenvalue weighted by molar-refractivity contribution is 5.78. The lowest BCUT2D eigenvalue weighted by atomic mass is 9.75. The van der Waals surface area contributed by atoms with Crippen LogP contribution in [-0.4, -0.2) is 28.0 Å². The first-order valence-corrected chi connectivity index (χ1v) is 8.24. The molecule has 112 valence electrons. The Bertz CT molecular complexity index is 633. The van der Waals surface area contributed by atoms with Gasteiger partial charge in [0, 0.05) is 12.2 Å². The Hall–Kier alpha value is -1.55. The maximum Gasteiger partial charge on any atom is 0.121 e. The van der Waals surface area contributed by atoms with Gasteiger partial charge in [-0.2, -0.15) is 0 Å². The number of aromatic amines is 1. The number of aromatic nitrogens is 2. The van der Waals surface area contributed by atoms with Crippen LogP contribution in [0, 0.1) is 11.8 Å². The summed E-state index contributed by atoms with van der Waals surface area (Å²) in [7, 11) is 0. The van der Waals surface area contributed by atoms with Crippen molar-refractivity contribution >= 4 is 16.7 Å². The number of rotatable bonds is 2. The number of fused-ring (bicyclic) bond motifs is 2. The number of imidazole rings is 1. The van der Waals surface area contributed by atoms with Crippen LogP contribution in [-0.2, 0) is 6.54 Å². The third-order valence-corrected chi connectivity index (χ3v) is 5.30. The first-order chi connectivity index (χ1) is 10.3. The minimum Gasteiger partial charge on any atom is -0.399 e. The summed E-state index contributed by atoms with van der Waals surface area (Å²) in [5.74, 6) is 2.99. The summed E-state index contributed by atoms with van der Waals surface area (Å²) in [6, 6.07) is 5.89. The van der Waals surface area contributed by atoms with Crippen LogP contribution in [0.4, 0.5) is 5.69 Å². The molecule has 1 aliphatic heterocycles. The molecule has 0 spiro atoms. The minimum absolute atomic E-state index is 0.792. The van der Waals surface area contributed by atoms with Crippen molar-refractivity contribution in [1.82, 2.24) is 14.9 Å². The smallest absolute Gasteiger partial charge is 0.121 e. The molecular weight excluding hydrogens is 260 g/mol. The van der Waals surface area contributed by atoms with Crippen molar-refractivity contribution in [3.63, 3.8) is 0 Å². The highest BCUT2D eigenvalue weighted by atomic mass is 15.2. The van der Waals surface area contributed by atoms with Gasteiger partial charge in [-0.3, -0.25) is 4.90 Å². The number of nitrogens with one attached hydrogen (secondary N) is 1. The van der Waals surface area contributed by atoms with Crippen LogP contribution in [0.3, 0.4) is 0 Å². The van der Waals surface area contributed by atoms with E-state index in [0.717, 1.165) is 40.9 Å². The summed E-state index contributed by atoms with van der Waals surface area (Å²) in [5, 5.41) is 0. The monoisotopic (exact) mass is 284 g/mol. The average Bonchev–Trinajstić information content (AvgIpc) is 2.88. The molecule has 1 aliphatic carbocycles. The predicted molar refractivity (Wildman–Crippen MR) is 85.8 cm³/mol. The summed E-state index contributed by atoms with van der Waals surface area (Å²) >= 11 is 0. The molecule has 2 fully saturated rings. The molecule has 21 heavy (non-hydrogen) atoms. The molecule has 4 nitrogen and oxygen atoms in total. The maximum absolute atomic E-state index is 5.83. The van der Waals surface area contributed by atoms with Gasteiger partial charge < -0.3 is 10.7 Å². The number of anilines is 1. The topological polar surface area (TPSA) is 57.9 Å². The Balaban J connectivity index is 1.47. The highest BCUT2D eigenvalue weighted by Crippen LogP contribution is 2.36. The van der Waals surface area contributed by atoms with Crippen molar-refractivity contribution in [2.24, 2.45) is 11.8 Å². The fourth-order valence-corrected chi connectivity index (χ4v) is 4.19. The molecule has 2 unspecified atom stereocenters. The van der Waals surface area contributed by atoms with Crippen LogP contribution in [0.2, 0.25) is 0 Å². The second-order valence-corrected chi connectivity index (χ2v) is 6.79.